The lowest BCUT2D eigenvalue weighted by atomic mass is 10.1. The maximum atomic E-state index is 11.0. The number of nitrogens with one attached hydrogen (secondary N) is 1. The van der Waals surface area contributed by atoms with Gasteiger partial charge in [-0.2, -0.15) is 0 Å². The van der Waals surface area contributed by atoms with Gasteiger partial charge in [0.25, 0.3) is 0 Å². The highest BCUT2D eigenvalue weighted by Gasteiger charge is 2.09. The lowest BCUT2D eigenvalue weighted by Gasteiger charge is -2.11. The van der Waals surface area contributed by atoms with Gasteiger partial charge in [-0.1, -0.05) is 29.8 Å². The largest absolute Gasteiger partial charge is 0.478 e. The van der Waals surface area contributed by atoms with Gasteiger partial charge in [0.1, 0.15) is 0 Å². The van der Waals surface area contributed by atoms with Gasteiger partial charge in [0.2, 0.25) is 0 Å². The molecule has 0 aromatic heterocycles. The molecular formula is C15H14ClNO2. The maximum Gasteiger partial charge on any atom is 0.336 e. The van der Waals surface area contributed by atoms with Crippen molar-refractivity contribution in [3.05, 3.63) is 64.2 Å². The van der Waals surface area contributed by atoms with Gasteiger partial charge < -0.3 is 10.4 Å². The Morgan fingerprint density at radius 1 is 1.26 bits per heavy atom. The molecule has 0 radical (unpaired) electrons. The van der Waals surface area contributed by atoms with Crippen LogP contribution in [-0.2, 0) is 6.54 Å². The van der Waals surface area contributed by atoms with Crippen LogP contribution in [0.25, 0.3) is 0 Å². The van der Waals surface area contributed by atoms with Crippen molar-refractivity contribution in [2.24, 2.45) is 0 Å². The first-order valence-electron chi connectivity index (χ1n) is 5.89. The summed E-state index contributed by atoms with van der Waals surface area (Å²) < 4.78 is 0. The summed E-state index contributed by atoms with van der Waals surface area (Å²) in [6.07, 6.45) is 0. The monoisotopic (exact) mass is 275 g/mol. The van der Waals surface area contributed by atoms with E-state index in [0.717, 1.165) is 16.8 Å². The molecular weight excluding hydrogens is 262 g/mol. The second-order valence-electron chi connectivity index (χ2n) is 4.27. The molecule has 0 saturated heterocycles. The Kier molecular flexibility index (Phi) is 4.07. The van der Waals surface area contributed by atoms with Crippen LogP contribution >= 0.6 is 11.6 Å². The van der Waals surface area contributed by atoms with Crippen LogP contribution in [0.2, 0.25) is 5.02 Å². The van der Waals surface area contributed by atoms with E-state index in [1.54, 1.807) is 19.1 Å². The Morgan fingerprint density at radius 2 is 2.00 bits per heavy atom. The molecule has 19 heavy (non-hydrogen) atoms. The Bertz CT molecular complexity index is 611. The fourth-order valence-corrected chi connectivity index (χ4v) is 2.12. The molecule has 0 heterocycles. The van der Waals surface area contributed by atoms with E-state index in [2.05, 4.69) is 5.32 Å². The van der Waals surface area contributed by atoms with Crippen molar-refractivity contribution < 1.29 is 9.90 Å². The van der Waals surface area contributed by atoms with Crippen molar-refractivity contribution in [2.75, 3.05) is 5.32 Å². The number of hydrogen-bond donors (Lipinski definition) is 2. The second-order valence-corrected chi connectivity index (χ2v) is 4.70. The molecule has 0 fully saturated rings. The van der Waals surface area contributed by atoms with Crippen molar-refractivity contribution >= 4 is 23.3 Å². The number of carboxylic acid groups (broad SMARTS) is 1. The van der Waals surface area contributed by atoms with Gasteiger partial charge in [-0.3, -0.25) is 0 Å². The third kappa shape index (κ3) is 3.26. The predicted molar refractivity (Wildman–Crippen MR) is 76.9 cm³/mol. The number of carbonyl (C=O) groups is 1. The molecule has 0 bridgehead atoms. The van der Waals surface area contributed by atoms with Crippen LogP contribution < -0.4 is 5.32 Å². The van der Waals surface area contributed by atoms with Crippen molar-refractivity contribution in [3.63, 3.8) is 0 Å². The quantitative estimate of drug-likeness (QED) is 0.888. The van der Waals surface area contributed by atoms with E-state index < -0.39 is 5.97 Å². The third-order valence-electron chi connectivity index (χ3n) is 2.94. The van der Waals surface area contributed by atoms with E-state index in [4.69, 9.17) is 16.7 Å². The van der Waals surface area contributed by atoms with Crippen molar-refractivity contribution in [3.8, 4) is 0 Å². The first-order valence-corrected chi connectivity index (χ1v) is 6.27. The molecule has 0 aliphatic rings. The van der Waals surface area contributed by atoms with Crippen molar-refractivity contribution in [1.82, 2.24) is 0 Å². The highest BCUT2D eigenvalue weighted by atomic mass is 35.5. The van der Waals surface area contributed by atoms with E-state index in [1.165, 1.54) is 0 Å². The van der Waals surface area contributed by atoms with E-state index >= 15 is 0 Å². The van der Waals surface area contributed by atoms with Gasteiger partial charge in [0, 0.05) is 17.3 Å². The summed E-state index contributed by atoms with van der Waals surface area (Å²) in [5, 5.41) is 13.0. The molecule has 2 aromatic carbocycles. The average molecular weight is 276 g/mol. The Balaban J connectivity index is 2.16. The van der Waals surface area contributed by atoms with Gasteiger partial charge in [-0.25, -0.2) is 4.79 Å². The first kappa shape index (κ1) is 13.4. The average Bonchev–Trinajstić information content (AvgIpc) is 2.37. The minimum atomic E-state index is -0.913. The number of benzene rings is 2. The number of aromatic carboxylic acids is 1. The number of hydrogen-bond acceptors (Lipinski definition) is 2. The van der Waals surface area contributed by atoms with E-state index in [-0.39, 0.29) is 0 Å². The van der Waals surface area contributed by atoms with Crippen LogP contribution in [-0.4, -0.2) is 11.1 Å². The molecule has 4 heteroatoms. The Labute approximate surface area is 116 Å². The van der Waals surface area contributed by atoms with E-state index in [1.807, 2.05) is 30.3 Å². The molecule has 0 atom stereocenters. The minimum absolute atomic E-state index is 0.316. The van der Waals surface area contributed by atoms with Crippen LogP contribution in [0.5, 0.6) is 0 Å². The summed E-state index contributed by atoms with van der Waals surface area (Å²) in [6, 6.07) is 12.8. The van der Waals surface area contributed by atoms with Crippen LogP contribution in [0.15, 0.2) is 42.5 Å². The van der Waals surface area contributed by atoms with Gasteiger partial charge >= 0.3 is 5.97 Å². The zero-order chi connectivity index (χ0) is 13.8. The molecule has 98 valence electrons. The highest BCUT2D eigenvalue weighted by molar-refractivity contribution is 6.30. The fraction of sp³-hybridized carbons (Fsp3) is 0.133. The lowest BCUT2D eigenvalue weighted by molar-refractivity contribution is 0.0696. The normalized spacial score (nSPS) is 10.2. The molecule has 0 unspecified atom stereocenters. The number of anilines is 1. The molecule has 0 saturated carbocycles. The summed E-state index contributed by atoms with van der Waals surface area (Å²) in [5.41, 5.74) is 2.92. The predicted octanol–water partition coefficient (Wildman–Crippen LogP) is 3.96. The summed E-state index contributed by atoms with van der Waals surface area (Å²) in [6.45, 7) is 2.40. The lowest BCUT2D eigenvalue weighted by Crippen LogP contribution is -2.05. The van der Waals surface area contributed by atoms with Crippen molar-refractivity contribution in [1.29, 1.82) is 0 Å². The minimum Gasteiger partial charge on any atom is -0.478 e. The molecule has 2 aromatic rings. The van der Waals surface area contributed by atoms with E-state index in [0.29, 0.717) is 17.1 Å². The Morgan fingerprint density at radius 3 is 2.68 bits per heavy atom. The van der Waals surface area contributed by atoms with Gasteiger partial charge in [-0.05, 0) is 42.3 Å². The van der Waals surface area contributed by atoms with Gasteiger partial charge in [-0.15, -0.1) is 0 Å². The van der Waals surface area contributed by atoms with Crippen LogP contribution in [0.4, 0.5) is 5.69 Å². The molecule has 0 aliphatic carbocycles. The zero-order valence-corrected chi connectivity index (χ0v) is 11.2. The van der Waals surface area contributed by atoms with Crippen molar-refractivity contribution in [2.45, 2.75) is 13.5 Å². The first-order chi connectivity index (χ1) is 9.08. The molecule has 0 aliphatic heterocycles. The fourth-order valence-electron chi connectivity index (χ4n) is 1.90. The van der Waals surface area contributed by atoms with Crippen LogP contribution in [0, 0.1) is 6.92 Å². The number of halogens is 1. The number of rotatable bonds is 4. The second kappa shape index (κ2) is 5.76. The smallest absolute Gasteiger partial charge is 0.336 e. The van der Waals surface area contributed by atoms with Gasteiger partial charge in [0.15, 0.2) is 0 Å². The SMILES string of the molecule is Cc1c(NCc2cccc(Cl)c2)cccc1C(=O)O. The molecule has 2 rings (SSSR count). The highest BCUT2D eigenvalue weighted by Crippen LogP contribution is 2.20. The van der Waals surface area contributed by atoms with Gasteiger partial charge in [0.05, 0.1) is 5.56 Å². The molecule has 0 spiro atoms. The summed E-state index contributed by atoms with van der Waals surface area (Å²) in [7, 11) is 0. The number of carboxylic acids is 1. The molecule has 3 nitrogen and oxygen atoms in total. The van der Waals surface area contributed by atoms with E-state index in [9.17, 15) is 4.79 Å². The molecule has 2 N–H and O–H groups in total. The summed E-state index contributed by atoms with van der Waals surface area (Å²) in [4.78, 5) is 11.0. The topological polar surface area (TPSA) is 49.3 Å². The summed E-state index contributed by atoms with van der Waals surface area (Å²) >= 11 is 5.92. The Hall–Kier alpha value is -2.00. The van der Waals surface area contributed by atoms with Crippen LogP contribution in [0.3, 0.4) is 0 Å². The van der Waals surface area contributed by atoms with Crippen LogP contribution in [0.1, 0.15) is 21.5 Å². The summed E-state index contributed by atoms with van der Waals surface area (Å²) in [5.74, 6) is -0.913. The zero-order valence-electron chi connectivity index (χ0n) is 10.5. The molecule has 0 amide bonds. The standard InChI is InChI=1S/C15H14ClNO2/c1-10-13(15(18)19)6-3-7-14(10)17-9-11-4-2-5-12(16)8-11/h2-8,17H,9H2,1H3,(H,18,19). The third-order valence-corrected chi connectivity index (χ3v) is 3.17. The maximum absolute atomic E-state index is 11.0.